The number of amides is 1. The third kappa shape index (κ3) is 6.50. The maximum Gasteiger partial charge on any atom is 0.347 e. The fourth-order valence-electron chi connectivity index (χ4n) is 2.67. The molecule has 0 bridgehead atoms. The molecule has 164 valence electrons. The summed E-state index contributed by atoms with van der Waals surface area (Å²) < 4.78 is 5.93. The van der Waals surface area contributed by atoms with E-state index in [0.29, 0.717) is 23.8 Å². The summed E-state index contributed by atoms with van der Waals surface area (Å²) in [5, 5.41) is 15.2. The Hall–Kier alpha value is -2.98. The van der Waals surface area contributed by atoms with Gasteiger partial charge in [-0.3, -0.25) is 10.1 Å². The lowest BCUT2D eigenvalue weighted by atomic mass is 10.1. The third-order valence-corrected chi connectivity index (χ3v) is 6.16. The fraction of sp³-hybridized carbons (Fsp3) is 0.333. The van der Waals surface area contributed by atoms with Gasteiger partial charge < -0.3 is 15.2 Å². The molecule has 0 aliphatic rings. The van der Waals surface area contributed by atoms with E-state index in [9.17, 15) is 9.59 Å². The Balaban J connectivity index is 1.74. The van der Waals surface area contributed by atoms with E-state index >= 15 is 0 Å². The van der Waals surface area contributed by atoms with Crippen molar-refractivity contribution in [3.63, 3.8) is 0 Å². The van der Waals surface area contributed by atoms with E-state index in [4.69, 9.17) is 9.84 Å². The first kappa shape index (κ1) is 22.7. The second-order valence-corrected chi connectivity index (χ2v) is 9.24. The van der Waals surface area contributed by atoms with E-state index in [1.165, 1.54) is 11.1 Å². The number of thiazole rings is 2. The molecule has 0 unspecified atom stereocenters. The van der Waals surface area contributed by atoms with Gasteiger partial charge in [0.2, 0.25) is 0 Å². The number of carbonyl (C=O) groups is 2. The van der Waals surface area contributed by atoms with Gasteiger partial charge in [0, 0.05) is 35.2 Å². The van der Waals surface area contributed by atoms with Gasteiger partial charge in [-0.05, 0) is 25.0 Å². The van der Waals surface area contributed by atoms with Gasteiger partial charge in [0.1, 0.15) is 10.6 Å². The highest BCUT2D eigenvalue weighted by Gasteiger charge is 2.14. The van der Waals surface area contributed by atoms with E-state index in [2.05, 4.69) is 34.4 Å². The zero-order valence-corrected chi connectivity index (χ0v) is 19.1. The Bertz CT molecular complexity index is 1060. The number of aromatic nitrogens is 2. The van der Waals surface area contributed by atoms with Crippen LogP contribution in [0.3, 0.4) is 0 Å². The molecule has 0 spiro atoms. The summed E-state index contributed by atoms with van der Waals surface area (Å²) >= 11 is 2.50. The molecule has 0 radical (unpaired) electrons. The molecular formula is C21H24N4O4S2. The van der Waals surface area contributed by atoms with Gasteiger partial charge >= 0.3 is 5.97 Å². The number of benzene rings is 1. The summed E-state index contributed by atoms with van der Waals surface area (Å²) in [6.45, 7) is 7.38. The van der Waals surface area contributed by atoms with Crippen molar-refractivity contribution in [2.24, 2.45) is 5.92 Å². The zero-order valence-electron chi connectivity index (χ0n) is 17.5. The van der Waals surface area contributed by atoms with Gasteiger partial charge in [-0.2, -0.15) is 0 Å². The number of carbonyl (C=O) groups excluding carboxylic acids is 1. The number of carboxylic acid groups (broad SMARTS) is 1. The standard InChI is InChI=1S/C21H24N4O4S2/c1-12(2)9-22-15-6-14(19(26)25-21-23-10-18(31-21)20(27)28)7-16(8-15)29-5-4-17-13(3)24-11-30-17/h6-8,10-12,22H,4-5,9H2,1-3H3,(H,27,28)(H,23,25,26). The Morgan fingerprint density at radius 3 is 2.68 bits per heavy atom. The minimum Gasteiger partial charge on any atom is -0.493 e. The molecule has 0 aliphatic carbocycles. The van der Waals surface area contributed by atoms with Crippen molar-refractivity contribution in [1.29, 1.82) is 0 Å². The number of nitrogens with zero attached hydrogens (tertiary/aromatic N) is 2. The van der Waals surface area contributed by atoms with Crippen LogP contribution in [0.25, 0.3) is 0 Å². The van der Waals surface area contributed by atoms with Crippen LogP contribution < -0.4 is 15.4 Å². The van der Waals surface area contributed by atoms with Crippen LogP contribution in [0, 0.1) is 12.8 Å². The molecule has 10 heteroatoms. The number of aryl methyl sites for hydroxylation is 1. The van der Waals surface area contributed by atoms with Crippen molar-refractivity contribution in [3.05, 3.63) is 50.9 Å². The normalized spacial score (nSPS) is 10.8. The maximum atomic E-state index is 12.8. The molecule has 3 aromatic rings. The van der Waals surface area contributed by atoms with Gasteiger partial charge in [0.05, 0.1) is 24.0 Å². The fourth-order valence-corrected chi connectivity index (χ4v) is 4.08. The molecule has 0 saturated carbocycles. The Kier molecular flexibility index (Phi) is 7.59. The van der Waals surface area contributed by atoms with Crippen LogP contribution in [0.5, 0.6) is 5.75 Å². The van der Waals surface area contributed by atoms with E-state index in [-0.39, 0.29) is 15.9 Å². The van der Waals surface area contributed by atoms with Gasteiger partial charge in [-0.1, -0.05) is 25.2 Å². The number of hydrogen-bond donors (Lipinski definition) is 3. The second-order valence-electron chi connectivity index (χ2n) is 7.27. The predicted molar refractivity (Wildman–Crippen MR) is 123 cm³/mol. The van der Waals surface area contributed by atoms with Gasteiger partial charge in [-0.15, -0.1) is 11.3 Å². The van der Waals surface area contributed by atoms with Gasteiger partial charge in [0.25, 0.3) is 5.91 Å². The monoisotopic (exact) mass is 460 g/mol. The number of anilines is 2. The zero-order chi connectivity index (χ0) is 22.4. The number of carboxylic acids is 1. The van der Waals surface area contributed by atoms with Gasteiger partial charge in [0.15, 0.2) is 5.13 Å². The number of hydrogen-bond acceptors (Lipinski definition) is 8. The van der Waals surface area contributed by atoms with E-state index in [1.54, 1.807) is 23.5 Å². The molecule has 0 aliphatic heterocycles. The molecule has 2 aromatic heterocycles. The third-order valence-electron chi connectivity index (χ3n) is 4.26. The SMILES string of the molecule is Cc1ncsc1CCOc1cc(NCC(C)C)cc(C(=O)Nc2ncc(C(=O)O)s2)c1. The smallest absolute Gasteiger partial charge is 0.347 e. The highest BCUT2D eigenvalue weighted by molar-refractivity contribution is 7.17. The van der Waals surface area contributed by atoms with Crippen molar-refractivity contribution in [2.45, 2.75) is 27.2 Å². The first-order valence-electron chi connectivity index (χ1n) is 9.73. The van der Waals surface area contributed by atoms with Crippen molar-refractivity contribution < 1.29 is 19.4 Å². The summed E-state index contributed by atoms with van der Waals surface area (Å²) in [5.74, 6) is -0.459. The van der Waals surface area contributed by atoms with Crippen LogP contribution in [0.4, 0.5) is 10.8 Å². The Morgan fingerprint density at radius 2 is 2.03 bits per heavy atom. The van der Waals surface area contributed by atoms with Crippen LogP contribution >= 0.6 is 22.7 Å². The van der Waals surface area contributed by atoms with Crippen molar-refractivity contribution in [2.75, 3.05) is 23.8 Å². The maximum absolute atomic E-state index is 12.8. The lowest BCUT2D eigenvalue weighted by molar-refractivity contribution is 0.0701. The molecule has 0 saturated heterocycles. The Morgan fingerprint density at radius 1 is 1.23 bits per heavy atom. The van der Waals surface area contributed by atoms with Gasteiger partial charge in [-0.25, -0.2) is 14.8 Å². The molecule has 31 heavy (non-hydrogen) atoms. The molecule has 2 heterocycles. The molecule has 3 rings (SSSR count). The summed E-state index contributed by atoms with van der Waals surface area (Å²) in [6, 6.07) is 5.27. The minimum absolute atomic E-state index is 0.0602. The lowest BCUT2D eigenvalue weighted by Crippen LogP contribution is -2.14. The van der Waals surface area contributed by atoms with E-state index < -0.39 is 5.97 Å². The van der Waals surface area contributed by atoms with Crippen LogP contribution in [0.1, 0.15) is 44.4 Å². The highest BCUT2D eigenvalue weighted by atomic mass is 32.1. The predicted octanol–water partition coefficient (Wildman–Crippen LogP) is 4.55. The highest BCUT2D eigenvalue weighted by Crippen LogP contribution is 2.24. The van der Waals surface area contributed by atoms with E-state index in [0.717, 1.165) is 35.7 Å². The number of rotatable bonds is 10. The molecule has 1 amide bonds. The first-order valence-corrected chi connectivity index (χ1v) is 11.4. The summed E-state index contributed by atoms with van der Waals surface area (Å²) in [7, 11) is 0. The average molecular weight is 461 g/mol. The van der Waals surface area contributed by atoms with Crippen molar-refractivity contribution in [1.82, 2.24) is 9.97 Å². The number of ether oxygens (including phenoxy) is 1. The summed E-state index contributed by atoms with van der Waals surface area (Å²) in [6.07, 6.45) is 1.96. The minimum atomic E-state index is -1.08. The Labute approximate surface area is 188 Å². The van der Waals surface area contributed by atoms with Crippen LogP contribution in [-0.2, 0) is 6.42 Å². The quantitative estimate of drug-likeness (QED) is 0.407. The summed E-state index contributed by atoms with van der Waals surface area (Å²) in [4.78, 5) is 33.2. The molecule has 1 aromatic carbocycles. The lowest BCUT2D eigenvalue weighted by Gasteiger charge is -2.14. The molecule has 0 fully saturated rings. The van der Waals surface area contributed by atoms with Crippen molar-refractivity contribution >= 4 is 45.4 Å². The average Bonchev–Trinajstić information content (AvgIpc) is 3.35. The van der Waals surface area contributed by atoms with Crippen LogP contribution in [0.2, 0.25) is 0 Å². The van der Waals surface area contributed by atoms with Crippen LogP contribution in [0.15, 0.2) is 29.9 Å². The number of aromatic carboxylic acids is 1. The molecule has 8 nitrogen and oxygen atoms in total. The number of nitrogens with one attached hydrogen (secondary N) is 2. The summed E-state index contributed by atoms with van der Waals surface area (Å²) in [5.41, 5.74) is 3.99. The molecule has 0 atom stereocenters. The van der Waals surface area contributed by atoms with E-state index in [1.807, 2.05) is 18.5 Å². The second kappa shape index (κ2) is 10.4. The van der Waals surface area contributed by atoms with Crippen molar-refractivity contribution in [3.8, 4) is 5.75 Å². The first-order chi connectivity index (χ1) is 14.8. The molecular weight excluding hydrogens is 436 g/mol. The molecule has 3 N–H and O–H groups in total. The topological polar surface area (TPSA) is 113 Å². The largest absolute Gasteiger partial charge is 0.493 e. The van der Waals surface area contributed by atoms with Crippen LogP contribution in [-0.4, -0.2) is 40.1 Å².